The van der Waals surface area contributed by atoms with E-state index in [9.17, 15) is 0 Å². The van der Waals surface area contributed by atoms with E-state index in [1.165, 1.54) is 5.56 Å². The highest BCUT2D eigenvalue weighted by Gasteiger charge is 2.19. The Balaban J connectivity index is 1.85. The quantitative estimate of drug-likeness (QED) is 0.411. The molecule has 0 bridgehead atoms. The zero-order chi connectivity index (χ0) is 18.8. The molecular weight excluding hydrogens is 374 g/mol. The number of imidazole rings is 1. The molecule has 0 aliphatic carbocycles. The van der Waals surface area contributed by atoms with Crippen molar-refractivity contribution in [3.63, 3.8) is 0 Å². The van der Waals surface area contributed by atoms with Crippen LogP contribution in [-0.2, 0) is 7.05 Å². The SMILES string of the molecule is Cc1ccc(-c2nc(-c3ccccn3)n(C)c2Sc2ccc(Cl)cc2)cc1. The Bertz CT molecular complexity index is 1060. The summed E-state index contributed by atoms with van der Waals surface area (Å²) in [6.07, 6.45) is 1.79. The van der Waals surface area contributed by atoms with Crippen LogP contribution in [0, 0.1) is 6.92 Å². The number of pyridine rings is 1. The van der Waals surface area contributed by atoms with Crippen LogP contribution in [0.3, 0.4) is 0 Å². The van der Waals surface area contributed by atoms with Crippen molar-refractivity contribution in [2.24, 2.45) is 7.05 Å². The van der Waals surface area contributed by atoms with E-state index in [1.54, 1.807) is 18.0 Å². The minimum absolute atomic E-state index is 0.734. The molecule has 2 aromatic heterocycles. The first-order valence-corrected chi connectivity index (χ1v) is 9.80. The summed E-state index contributed by atoms with van der Waals surface area (Å²) in [5.74, 6) is 0.850. The molecule has 3 nitrogen and oxygen atoms in total. The zero-order valence-electron chi connectivity index (χ0n) is 15.1. The van der Waals surface area contributed by atoms with E-state index in [1.807, 2.05) is 49.5 Å². The van der Waals surface area contributed by atoms with Gasteiger partial charge in [-0.15, -0.1) is 0 Å². The summed E-state index contributed by atoms with van der Waals surface area (Å²) < 4.78 is 2.11. The summed E-state index contributed by atoms with van der Waals surface area (Å²) in [7, 11) is 2.03. The number of benzene rings is 2. The summed E-state index contributed by atoms with van der Waals surface area (Å²) in [6, 6.07) is 22.2. The molecule has 5 heteroatoms. The number of nitrogens with zero attached hydrogens (tertiary/aromatic N) is 3. The molecule has 0 radical (unpaired) electrons. The average Bonchev–Trinajstić information content (AvgIpc) is 3.01. The number of hydrogen-bond acceptors (Lipinski definition) is 3. The summed E-state index contributed by atoms with van der Waals surface area (Å²) in [5, 5.41) is 1.80. The third kappa shape index (κ3) is 3.77. The number of hydrogen-bond donors (Lipinski definition) is 0. The molecule has 4 aromatic rings. The summed E-state index contributed by atoms with van der Waals surface area (Å²) >= 11 is 7.72. The Morgan fingerprint density at radius 2 is 1.67 bits per heavy atom. The van der Waals surface area contributed by atoms with Crippen molar-refractivity contribution in [3.8, 4) is 22.8 Å². The van der Waals surface area contributed by atoms with Gasteiger partial charge in [0.25, 0.3) is 0 Å². The lowest BCUT2D eigenvalue weighted by molar-refractivity contribution is 0.831. The van der Waals surface area contributed by atoms with Gasteiger partial charge in [0.05, 0.1) is 0 Å². The second-order valence-electron chi connectivity index (χ2n) is 6.29. The third-order valence-electron chi connectivity index (χ3n) is 4.29. The maximum absolute atomic E-state index is 6.04. The Morgan fingerprint density at radius 3 is 2.33 bits per heavy atom. The van der Waals surface area contributed by atoms with Crippen LogP contribution < -0.4 is 0 Å². The lowest BCUT2D eigenvalue weighted by Gasteiger charge is -2.08. The molecular formula is C22H18ClN3S. The van der Waals surface area contributed by atoms with Gasteiger partial charge in [0.1, 0.15) is 16.4 Å². The van der Waals surface area contributed by atoms with Gasteiger partial charge >= 0.3 is 0 Å². The fourth-order valence-corrected chi connectivity index (χ4v) is 3.94. The van der Waals surface area contributed by atoms with Crippen LogP contribution in [0.25, 0.3) is 22.8 Å². The molecule has 0 spiro atoms. The van der Waals surface area contributed by atoms with Crippen LogP contribution >= 0.6 is 23.4 Å². The van der Waals surface area contributed by atoms with Crippen molar-refractivity contribution < 1.29 is 0 Å². The van der Waals surface area contributed by atoms with Crippen LogP contribution in [0.1, 0.15) is 5.56 Å². The van der Waals surface area contributed by atoms with Gasteiger partial charge in [-0.3, -0.25) is 4.98 Å². The monoisotopic (exact) mass is 391 g/mol. The number of halogens is 1. The molecule has 0 saturated heterocycles. The summed E-state index contributed by atoms with van der Waals surface area (Å²) in [4.78, 5) is 10.5. The van der Waals surface area contributed by atoms with Crippen LogP contribution in [0.15, 0.2) is 82.8 Å². The zero-order valence-corrected chi connectivity index (χ0v) is 16.6. The second kappa shape index (κ2) is 7.59. The topological polar surface area (TPSA) is 30.7 Å². The Kier molecular flexibility index (Phi) is 5.01. The van der Waals surface area contributed by atoms with E-state index in [2.05, 4.69) is 40.7 Å². The van der Waals surface area contributed by atoms with E-state index in [4.69, 9.17) is 16.6 Å². The molecule has 0 fully saturated rings. The summed E-state index contributed by atoms with van der Waals surface area (Å²) in [5.41, 5.74) is 4.14. The highest BCUT2D eigenvalue weighted by Crippen LogP contribution is 2.38. The third-order valence-corrected chi connectivity index (χ3v) is 5.71. The molecule has 0 atom stereocenters. The van der Waals surface area contributed by atoms with Gasteiger partial charge in [0.15, 0.2) is 5.82 Å². The first-order chi connectivity index (χ1) is 13.1. The Labute approximate surface area is 168 Å². The van der Waals surface area contributed by atoms with Gasteiger partial charge < -0.3 is 4.57 Å². The van der Waals surface area contributed by atoms with Gasteiger partial charge in [-0.2, -0.15) is 0 Å². The van der Waals surface area contributed by atoms with Crippen LogP contribution in [-0.4, -0.2) is 14.5 Å². The van der Waals surface area contributed by atoms with Crippen LogP contribution in [0.5, 0.6) is 0 Å². The average molecular weight is 392 g/mol. The molecule has 2 heterocycles. The Hall–Kier alpha value is -2.56. The number of rotatable bonds is 4. The number of aryl methyl sites for hydroxylation is 1. The molecule has 0 N–H and O–H groups in total. The normalized spacial score (nSPS) is 10.9. The first-order valence-electron chi connectivity index (χ1n) is 8.60. The molecule has 0 saturated carbocycles. The maximum Gasteiger partial charge on any atom is 0.159 e. The highest BCUT2D eigenvalue weighted by atomic mass is 35.5. The minimum atomic E-state index is 0.734. The fourth-order valence-electron chi connectivity index (χ4n) is 2.84. The predicted molar refractivity (Wildman–Crippen MR) is 112 cm³/mol. The van der Waals surface area contributed by atoms with Crippen molar-refractivity contribution in [3.05, 3.63) is 83.5 Å². The molecule has 0 aliphatic heterocycles. The van der Waals surface area contributed by atoms with Crippen molar-refractivity contribution in [1.82, 2.24) is 14.5 Å². The maximum atomic E-state index is 6.04. The van der Waals surface area contributed by atoms with E-state index in [-0.39, 0.29) is 0 Å². The van der Waals surface area contributed by atoms with E-state index < -0.39 is 0 Å². The largest absolute Gasteiger partial charge is 0.320 e. The van der Waals surface area contributed by atoms with Crippen molar-refractivity contribution >= 4 is 23.4 Å². The fraction of sp³-hybridized carbons (Fsp3) is 0.0909. The van der Waals surface area contributed by atoms with Gasteiger partial charge in [-0.25, -0.2) is 4.98 Å². The number of aromatic nitrogens is 3. The molecule has 0 aliphatic rings. The van der Waals surface area contributed by atoms with Crippen molar-refractivity contribution in [1.29, 1.82) is 0 Å². The predicted octanol–water partition coefficient (Wildman–Crippen LogP) is 6.26. The molecule has 27 heavy (non-hydrogen) atoms. The second-order valence-corrected chi connectivity index (χ2v) is 7.78. The smallest absolute Gasteiger partial charge is 0.159 e. The van der Waals surface area contributed by atoms with Gasteiger partial charge in [-0.05, 0) is 43.3 Å². The van der Waals surface area contributed by atoms with Crippen LogP contribution in [0.4, 0.5) is 0 Å². The highest BCUT2D eigenvalue weighted by molar-refractivity contribution is 7.99. The lowest BCUT2D eigenvalue weighted by Crippen LogP contribution is -1.95. The molecule has 0 unspecified atom stereocenters. The molecule has 2 aromatic carbocycles. The van der Waals surface area contributed by atoms with Crippen LogP contribution in [0.2, 0.25) is 5.02 Å². The molecule has 134 valence electrons. The van der Waals surface area contributed by atoms with E-state index in [0.717, 1.165) is 37.7 Å². The Morgan fingerprint density at radius 1 is 0.926 bits per heavy atom. The van der Waals surface area contributed by atoms with Gasteiger partial charge in [0, 0.05) is 28.7 Å². The minimum Gasteiger partial charge on any atom is -0.320 e. The lowest BCUT2D eigenvalue weighted by atomic mass is 10.1. The van der Waals surface area contributed by atoms with E-state index >= 15 is 0 Å². The first kappa shape index (κ1) is 17.8. The van der Waals surface area contributed by atoms with Gasteiger partial charge in [-0.1, -0.05) is 59.3 Å². The van der Waals surface area contributed by atoms with Crippen molar-refractivity contribution in [2.75, 3.05) is 0 Å². The summed E-state index contributed by atoms with van der Waals surface area (Å²) in [6.45, 7) is 2.09. The molecule has 0 amide bonds. The standard InChI is InChI=1S/C22H18ClN3S/c1-15-6-8-16(9-7-15)20-22(27-18-12-10-17(23)11-13-18)26(2)21(25-20)19-5-3-4-14-24-19/h3-14H,1-2H3. The van der Waals surface area contributed by atoms with Crippen molar-refractivity contribution in [2.45, 2.75) is 16.8 Å². The van der Waals surface area contributed by atoms with Gasteiger partial charge in [0.2, 0.25) is 0 Å². The van der Waals surface area contributed by atoms with E-state index in [0.29, 0.717) is 0 Å². The molecule has 4 rings (SSSR count).